The van der Waals surface area contributed by atoms with Crippen LogP contribution in [0.2, 0.25) is 5.02 Å². The normalized spacial score (nSPS) is 11.4. The van der Waals surface area contributed by atoms with Crippen LogP contribution in [-0.2, 0) is 10.2 Å². The molecule has 0 bridgehead atoms. The van der Waals surface area contributed by atoms with E-state index in [1.54, 1.807) is 13.2 Å². The summed E-state index contributed by atoms with van der Waals surface area (Å²) in [6.07, 6.45) is 0.0529. The third-order valence-corrected chi connectivity index (χ3v) is 3.27. The van der Waals surface area contributed by atoms with E-state index in [1.165, 1.54) is 0 Å². The Hall–Kier alpha value is -1.22. The van der Waals surface area contributed by atoms with Crippen LogP contribution in [0.25, 0.3) is 0 Å². The second kappa shape index (κ2) is 4.96. The second-order valence-electron chi connectivity index (χ2n) is 4.74. The van der Waals surface area contributed by atoms with Crippen LogP contribution < -0.4 is 4.74 Å². The molecule has 0 spiro atoms. The van der Waals surface area contributed by atoms with Gasteiger partial charge in [-0.2, -0.15) is 0 Å². The first-order chi connectivity index (χ1) is 7.77. The summed E-state index contributed by atoms with van der Waals surface area (Å²) in [5.74, 6) is -0.178. The fourth-order valence-corrected chi connectivity index (χ4v) is 2.16. The molecule has 1 rings (SSSR count). The molecule has 0 aliphatic heterocycles. The number of carboxylic acids is 1. The van der Waals surface area contributed by atoms with E-state index in [2.05, 4.69) is 0 Å². The van der Waals surface area contributed by atoms with Gasteiger partial charge >= 0.3 is 5.97 Å². The maximum absolute atomic E-state index is 10.9. The topological polar surface area (TPSA) is 46.5 Å². The van der Waals surface area contributed by atoms with Crippen LogP contribution in [0.15, 0.2) is 12.1 Å². The summed E-state index contributed by atoms with van der Waals surface area (Å²) in [5.41, 5.74) is 1.33. The molecule has 0 amide bonds. The first kappa shape index (κ1) is 13.8. The van der Waals surface area contributed by atoms with Crippen LogP contribution in [0.4, 0.5) is 0 Å². The van der Waals surface area contributed by atoms with E-state index in [0.717, 1.165) is 11.1 Å². The zero-order valence-electron chi connectivity index (χ0n) is 10.5. The molecule has 0 unspecified atom stereocenters. The zero-order chi connectivity index (χ0) is 13.2. The van der Waals surface area contributed by atoms with Gasteiger partial charge in [0.15, 0.2) is 0 Å². The minimum absolute atomic E-state index is 0.0529. The summed E-state index contributed by atoms with van der Waals surface area (Å²) in [4.78, 5) is 10.9. The number of carboxylic acid groups (broad SMARTS) is 1. The van der Waals surface area contributed by atoms with E-state index >= 15 is 0 Å². The Morgan fingerprint density at radius 2 is 2.06 bits per heavy atom. The third-order valence-electron chi connectivity index (χ3n) is 2.88. The summed E-state index contributed by atoms with van der Waals surface area (Å²) < 4.78 is 5.16. The quantitative estimate of drug-likeness (QED) is 0.898. The van der Waals surface area contributed by atoms with Crippen LogP contribution in [0.3, 0.4) is 0 Å². The smallest absolute Gasteiger partial charge is 0.304 e. The van der Waals surface area contributed by atoms with Crippen molar-refractivity contribution in [2.24, 2.45) is 0 Å². The molecular formula is C13H17ClO3. The standard InChI is InChI=1S/C13H17ClO3/c1-8-10(13(2,3)7-12(15)16)5-9(17-4)6-11(8)14/h5-6H,7H2,1-4H3,(H,15,16). The summed E-state index contributed by atoms with van der Waals surface area (Å²) in [5, 5.41) is 9.53. The van der Waals surface area contributed by atoms with Crippen LogP contribution >= 0.6 is 11.6 Å². The molecule has 0 aliphatic carbocycles. The predicted octanol–water partition coefficient (Wildman–Crippen LogP) is 3.41. The molecule has 1 aromatic rings. The van der Waals surface area contributed by atoms with Gasteiger partial charge in [0.05, 0.1) is 13.5 Å². The van der Waals surface area contributed by atoms with Gasteiger partial charge < -0.3 is 9.84 Å². The van der Waals surface area contributed by atoms with Gasteiger partial charge in [0.25, 0.3) is 0 Å². The monoisotopic (exact) mass is 256 g/mol. The lowest BCUT2D eigenvalue weighted by molar-refractivity contribution is -0.138. The highest BCUT2D eigenvalue weighted by Crippen LogP contribution is 2.36. The highest BCUT2D eigenvalue weighted by molar-refractivity contribution is 6.31. The number of ether oxygens (including phenoxy) is 1. The van der Waals surface area contributed by atoms with Crippen molar-refractivity contribution >= 4 is 17.6 Å². The number of aliphatic carboxylic acids is 1. The molecule has 0 heterocycles. The van der Waals surface area contributed by atoms with E-state index in [0.29, 0.717) is 10.8 Å². The van der Waals surface area contributed by atoms with Crippen LogP contribution in [0.1, 0.15) is 31.4 Å². The van der Waals surface area contributed by atoms with Crippen molar-refractivity contribution in [1.29, 1.82) is 0 Å². The number of halogens is 1. The number of carbonyl (C=O) groups is 1. The SMILES string of the molecule is COc1cc(Cl)c(C)c(C(C)(C)CC(=O)O)c1. The highest BCUT2D eigenvalue weighted by Gasteiger charge is 2.27. The molecule has 0 saturated carbocycles. The van der Waals surface area contributed by atoms with Gasteiger partial charge in [-0.1, -0.05) is 25.4 Å². The zero-order valence-corrected chi connectivity index (χ0v) is 11.3. The Morgan fingerprint density at radius 3 is 2.53 bits per heavy atom. The molecule has 1 aromatic carbocycles. The van der Waals surface area contributed by atoms with Crippen molar-refractivity contribution in [3.63, 3.8) is 0 Å². The fraction of sp³-hybridized carbons (Fsp3) is 0.462. The number of hydrogen-bond acceptors (Lipinski definition) is 2. The largest absolute Gasteiger partial charge is 0.497 e. The van der Waals surface area contributed by atoms with Crippen molar-refractivity contribution in [3.05, 3.63) is 28.3 Å². The molecule has 0 aromatic heterocycles. The van der Waals surface area contributed by atoms with Gasteiger partial charge in [-0.15, -0.1) is 0 Å². The van der Waals surface area contributed by atoms with E-state index in [4.69, 9.17) is 21.4 Å². The van der Waals surface area contributed by atoms with E-state index < -0.39 is 11.4 Å². The van der Waals surface area contributed by atoms with E-state index in [1.807, 2.05) is 26.8 Å². The van der Waals surface area contributed by atoms with Crippen molar-refractivity contribution in [2.45, 2.75) is 32.6 Å². The molecule has 0 aliphatic rings. The highest BCUT2D eigenvalue weighted by atomic mass is 35.5. The molecule has 0 fully saturated rings. The number of benzene rings is 1. The Labute approximate surface area is 106 Å². The average molecular weight is 257 g/mol. The molecule has 94 valence electrons. The Balaban J connectivity index is 3.28. The summed E-state index contributed by atoms with van der Waals surface area (Å²) in [6.45, 7) is 5.67. The molecule has 0 radical (unpaired) electrons. The fourth-order valence-electron chi connectivity index (χ4n) is 1.95. The van der Waals surface area contributed by atoms with Crippen LogP contribution in [0.5, 0.6) is 5.75 Å². The summed E-state index contributed by atoms with van der Waals surface area (Å²) in [7, 11) is 1.56. The lowest BCUT2D eigenvalue weighted by Gasteiger charge is -2.26. The van der Waals surface area contributed by atoms with E-state index in [-0.39, 0.29) is 6.42 Å². The maximum atomic E-state index is 10.9. The number of rotatable bonds is 4. The number of hydrogen-bond donors (Lipinski definition) is 1. The Morgan fingerprint density at radius 1 is 1.47 bits per heavy atom. The van der Waals surface area contributed by atoms with Crippen molar-refractivity contribution in [1.82, 2.24) is 0 Å². The molecule has 3 nitrogen and oxygen atoms in total. The Bertz CT molecular complexity index is 439. The molecule has 0 saturated heterocycles. The van der Waals surface area contributed by atoms with Crippen molar-refractivity contribution in [3.8, 4) is 5.75 Å². The lowest BCUT2D eigenvalue weighted by atomic mass is 9.79. The Kier molecular flexibility index (Phi) is 4.04. The van der Waals surface area contributed by atoms with Gasteiger partial charge in [-0.3, -0.25) is 4.79 Å². The number of methoxy groups -OCH3 is 1. The molecular weight excluding hydrogens is 240 g/mol. The van der Waals surface area contributed by atoms with Crippen molar-refractivity contribution in [2.75, 3.05) is 7.11 Å². The van der Waals surface area contributed by atoms with Crippen LogP contribution in [-0.4, -0.2) is 18.2 Å². The molecule has 1 N–H and O–H groups in total. The average Bonchev–Trinajstić information content (AvgIpc) is 2.19. The molecule has 17 heavy (non-hydrogen) atoms. The summed E-state index contributed by atoms with van der Waals surface area (Å²) in [6, 6.07) is 3.58. The minimum Gasteiger partial charge on any atom is -0.497 e. The third kappa shape index (κ3) is 3.13. The van der Waals surface area contributed by atoms with Crippen LogP contribution in [0, 0.1) is 6.92 Å². The van der Waals surface area contributed by atoms with Crippen molar-refractivity contribution < 1.29 is 14.6 Å². The van der Waals surface area contributed by atoms with Gasteiger partial charge in [-0.05, 0) is 30.2 Å². The van der Waals surface area contributed by atoms with Gasteiger partial charge in [0, 0.05) is 10.4 Å². The van der Waals surface area contributed by atoms with E-state index in [9.17, 15) is 4.79 Å². The molecule has 4 heteroatoms. The van der Waals surface area contributed by atoms with Gasteiger partial charge in [0.2, 0.25) is 0 Å². The maximum Gasteiger partial charge on any atom is 0.304 e. The second-order valence-corrected chi connectivity index (χ2v) is 5.14. The minimum atomic E-state index is -0.826. The first-order valence-electron chi connectivity index (χ1n) is 5.34. The lowest BCUT2D eigenvalue weighted by Crippen LogP contribution is -2.23. The predicted molar refractivity (Wildman–Crippen MR) is 68.0 cm³/mol. The van der Waals surface area contributed by atoms with Gasteiger partial charge in [-0.25, -0.2) is 0 Å². The van der Waals surface area contributed by atoms with Gasteiger partial charge in [0.1, 0.15) is 5.75 Å². The first-order valence-corrected chi connectivity index (χ1v) is 5.72. The molecule has 0 atom stereocenters. The summed E-state index contributed by atoms with van der Waals surface area (Å²) >= 11 is 6.11.